The van der Waals surface area contributed by atoms with Gasteiger partial charge in [0.1, 0.15) is 5.82 Å². The van der Waals surface area contributed by atoms with Crippen LogP contribution in [-0.2, 0) is 15.9 Å². The Morgan fingerprint density at radius 3 is 2.38 bits per heavy atom. The van der Waals surface area contributed by atoms with E-state index in [2.05, 4.69) is 5.32 Å². The number of halogens is 1. The zero-order chi connectivity index (χ0) is 15.3. The molecule has 3 rings (SSSR count). The SMILES string of the molecule is CC1(C)OB(c2cc(F)ccc2CNC2CC2)OC1(C)C. The summed E-state index contributed by atoms with van der Waals surface area (Å²) in [4.78, 5) is 0. The lowest BCUT2D eigenvalue weighted by Crippen LogP contribution is -2.41. The fourth-order valence-corrected chi connectivity index (χ4v) is 2.46. The Kier molecular flexibility index (Phi) is 3.63. The zero-order valence-corrected chi connectivity index (χ0v) is 13.2. The van der Waals surface area contributed by atoms with E-state index in [0.717, 1.165) is 17.6 Å². The molecular weight excluding hydrogens is 268 g/mol. The topological polar surface area (TPSA) is 30.5 Å². The first-order chi connectivity index (χ1) is 9.78. The Bertz CT molecular complexity index is 527. The maximum absolute atomic E-state index is 13.7. The predicted octanol–water partition coefficient (Wildman–Crippen LogP) is 2.38. The van der Waals surface area contributed by atoms with Crippen molar-refractivity contribution < 1.29 is 13.7 Å². The van der Waals surface area contributed by atoms with Gasteiger partial charge in [-0.25, -0.2) is 4.39 Å². The second-order valence-electron chi connectivity index (χ2n) is 7.09. The second kappa shape index (κ2) is 5.08. The molecule has 1 aliphatic carbocycles. The first-order valence-electron chi connectivity index (χ1n) is 7.66. The highest BCUT2D eigenvalue weighted by molar-refractivity contribution is 6.62. The Balaban J connectivity index is 1.85. The molecule has 0 bridgehead atoms. The van der Waals surface area contributed by atoms with E-state index in [1.54, 1.807) is 0 Å². The van der Waals surface area contributed by atoms with E-state index < -0.39 is 18.3 Å². The molecule has 1 aromatic rings. The first-order valence-corrected chi connectivity index (χ1v) is 7.66. The molecule has 0 radical (unpaired) electrons. The Morgan fingerprint density at radius 1 is 1.19 bits per heavy atom. The highest BCUT2D eigenvalue weighted by Gasteiger charge is 2.52. The fraction of sp³-hybridized carbons (Fsp3) is 0.625. The number of nitrogens with one attached hydrogen (secondary N) is 1. The average Bonchev–Trinajstić information content (AvgIpc) is 3.16. The molecule has 1 aromatic carbocycles. The molecule has 0 amide bonds. The lowest BCUT2D eigenvalue weighted by Gasteiger charge is -2.32. The predicted molar refractivity (Wildman–Crippen MR) is 82.0 cm³/mol. The summed E-state index contributed by atoms with van der Waals surface area (Å²) in [6, 6.07) is 5.47. The molecule has 1 saturated carbocycles. The fourth-order valence-electron chi connectivity index (χ4n) is 2.46. The minimum Gasteiger partial charge on any atom is -0.399 e. The molecule has 0 atom stereocenters. The van der Waals surface area contributed by atoms with Gasteiger partial charge in [-0.3, -0.25) is 0 Å². The van der Waals surface area contributed by atoms with E-state index in [1.165, 1.54) is 25.0 Å². The number of hydrogen-bond acceptors (Lipinski definition) is 3. The third-order valence-corrected chi connectivity index (χ3v) is 4.77. The molecule has 0 aromatic heterocycles. The second-order valence-corrected chi connectivity index (χ2v) is 7.09. The van der Waals surface area contributed by atoms with Crippen molar-refractivity contribution >= 4 is 12.6 Å². The van der Waals surface area contributed by atoms with E-state index in [1.807, 2.05) is 33.8 Å². The van der Waals surface area contributed by atoms with Crippen LogP contribution in [0, 0.1) is 5.82 Å². The van der Waals surface area contributed by atoms with E-state index in [0.29, 0.717) is 6.04 Å². The van der Waals surface area contributed by atoms with E-state index >= 15 is 0 Å². The van der Waals surface area contributed by atoms with Crippen LogP contribution in [0.15, 0.2) is 18.2 Å². The molecule has 0 unspecified atom stereocenters. The molecule has 114 valence electrons. The monoisotopic (exact) mass is 291 g/mol. The Labute approximate surface area is 126 Å². The van der Waals surface area contributed by atoms with Crippen molar-refractivity contribution in [3.8, 4) is 0 Å². The summed E-state index contributed by atoms with van der Waals surface area (Å²) in [5.41, 5.74) is 1.01. The van der Waals surface area contributed by atoms with Gasteiger partial charge in [-0.05, 0) is 63.7 Å². The number of benzene rings is 1. The minimum atomic E-state index is -0.512. The van der Waals surface area contributed by atoms with Gasteiger partial charge in [0, 0.05) is 12.6 Å². The van der Waals surface area contributed by atoms with Crippen molar-refractivity contribution in [2.75, 3.05) is 0 Å². The lowest BCUT2D eigenvalue weighted by molar-refractivity contribution is 0.00578. The van der Waals surface area contributed by atoms with Gasteiger partial charge in [-0.1, -0.05) is 6.07 Å². The summed E-state index contributed by atoms with van der Waals surface area (Å²) in [5, 5.41) is 3.46. The van der Waals surface area contributed by atoms with E-state index in [9.17, 15) is 4.39 Å². The van der Waals surface area contributed by atoms with Crippen LogP contribution in [0.1, 0.15) is 46.1 Å². The summed E-state index contributed by atoms with van der Waals surface area (Å²) in [6.45, 7) is 8.76. The highest BCUT2D eigenvalue weighted by atomic mass is 19.1. The highest BCUT2D eigenvalue weighted by Crippen LogP contribution is 2.36. The van der Waals surface area contributed by atoms with E-state index in [4.69, 9.17) is 9.31 Å². The average molecular weight is 291 g/mol. The van der Waals surface area contributed by atoms with Crippen molar-refractivity contribution in [1.29, 1.82) is 0 Å². The first kappa shape index (κ1) is 15.0. The van der Waals surface area contributed by atoms with Crippen LogP contribution in [0.4, 0.5) is 4.39 Å². The van der Waals surface area contributed by atoms with Crippen LogP contribution in [0.25, 0.3) is 0 Å². The van der Waals surface area contributed by atoms with Crippen LogP contribution >= 0.6 is 0 Å². The maximum atomic E-state index is 13.7. The maximum Gasteiger partial charge on any atom is 0.495 e. The molecular formula is C16H23BFNO2. The van der Waals surface area contributed by atoms with Crippen LogP contribution in [0.3, 0.4) is 0 Å². The van der Waals surface area contributed by atoms with Crippen LogP contribution in [-0.4, -0.2) is 24.4 Å². The normalized spacial score (nSPS) is 23.6. The van der Waals surface area contributed by atoms with Crippen LogP contribution in [0.2, 0.25) is 0 Å². The van der Waals surface area contributed by atoms with Crippen molar-refractivity contribution in [1.82, 2.24) is 5.32 Å². The van der Waals surface area contributed by atoms with Gasteiger partial charge in [0.05, 0.1) is 11.2 Å². The Hall–Kier alpha value is -0.905. The van der Waals surface area contributed by atoms with E-state index in [-0.39, 0.29) is 5.82 Å². The van der Waals surface area contributed by atoms with Crippen molar-refractivity contribution in [3.05, 3.63) is 29.6 Å². The molecule has 0 spiro atoms. The van der Waals surface area contributed by atoms with Gasteiger partial charge in [0.15, 0.2) is 0 Å². The summed E-state index contributed by atoms with van der Waals surface area (Å²) in [7, 11) is -0.512. The standard InChI is InChI=1S/C16H23BFNO2/c1-15(2)16(3,4)21-17(20-15)14-9-12(18)6-5-11(14)10-19-13-7-8-13/h5-6,9,13,19H,7-8,10H2,1-4H3. The number of hydrogen-bond donors (Lipinski definition) is 1. The van der Waals surface area contributed by atoms with Crippen LogP contribution in [0.5, 0.6) is 0 Å². The summed E-state index contributed by atoms with van der Waals surface area (Å²) >= 11 is 0. The molecule has 1 aliphatic heterocycles. The van der Waals surface area contributed by atoms with Crippen molar-refractivity contribution in [2.45, 2.75) is 64.3 Å². The van der Waals surface area contributed by atoms with Gasteiger partial charge in [-0.15, -0.1) is 0 Å². The lowest BCUT2D eigenvalue weighted by atomic mass is 9.76. The van der Waals surface area contributed by atoms with Crippen molar-refractivity contribution in [2.24, 2.45) is 0 Å². The third kappa shape index (κ3) is 3.00. The van der Waals surface area contributed by atoms with Gasteiger partial charge in [0.25, 0.3) is 0 Å². The molecule has 5 heteroatoms. The van der Waals surface area contributed by atoms with Crippen LogP contribution < -0.4 is 10.8 Å². The third-order valence-electron chi connectivity index (χ3n) is 4.77. The molecule has 21 heavy (non-hydrogen) atoms. The van der Waals surface area contributed by atoms with Gasteiger partial charge in [-0.2, -0.15) is 0 Å². The summed E-state index contributed by atoms with van der Waals surface area (Å²) < 4.78 is 25.8. The summed E-state index contributed by atoms with van der Waals surface area (Å²) in [6.07, 6.45) is 2.46. The quantitative estimate of drug-likeness (QED) is 0.864. The molecule has 2 fully saturated rings. The summed E-state index contributed by atoms with van der Waals surface area (Å²) in [5.74, 6) is -0.255. The minimum absolute atomic E-state index is 0.255. The molecule has 2 aliphatic rings. The van der Waals surface area contributed by atoms with Crippen molar-refractivity contribution in [3.63, 3.8) is 0 Å². The molecule has 1 heterocycles. The largest absolute Gasteiger partial charge is 0.495 e. The van der Waals surface area contributed by atoms with Gasteiger partial charge >= 0.3 is 7.12 Å². The molecule has 1 saturated heterocycles. The van der Waals surface area contributed by atoms with Gasteiger partial charge < -0.3 is 14.6 Å². The molecule has 1 N–H and O–H groups in total. The van der Waals surface area contributed by atoms with Gasteiger partial charge in [0.2, 0.25) is 0 Å². The smallest absolute Gasteiger partial charge is 0.399 e. The Morgan fingerprint density at radius 2 is 1.81 bits per heavy atom. The zero-order valence-electron chi connectivity index (χ0n) is 13.2. The number of rotatable bonds is 4. The molecule has 3 nitrogen and oxygen atoms in total.